The molecule has 3 N–H and O–H groups in total. The lowest BCUT2D eigenvalue weighted by atomic mass is 9.72. The lowest BCUT2D eigenvalue weighted by Crippen LogP contribution is -2.51. The van der Waals surface area contributed by atoms with Crippen molar-refractivity contribution in [3.8, 4) is 0 Å². The molecule has 1 saturated carbocycles. The lowest BCUT2D eigenvalue weighted by Gasteiger charge is -2.43. The molecule has 116 valence electrons. The number of amides is 1. The molecule has 0 aromatic rings. The van der Waals surface area contributed by atoms with Crippen molar-refractivity contribution < 1.29 is 9.90 Å². The number of hydrogen-bond donors (Lipinski definition) is 3. The van der Waals surface area contributed by atoms with E-state index in [0.29, 0.717) is 12.5 Å². The van der Waals surface area contributed by atoms with Crippen molar-refractivity contribution in [2.24, 2.45) is 11.8 Å². The van der Waals surface area contributed by atoms with Crippen LogP contribution in [0.1, 0.15) is 32.6 Å². The number of carbonyl (C=O) groups is 1. The van der Waals surface area contributed by atoms with Gasteiger partial charge in [0.15, 0.2) is 0 Å². The molecule has 6 atom stereocenters. The topological polar surface area (TPSA) is 61.4 Å². The second-order valence-corrected chi connectivity index (χ2v) is 7.12. The Balaban J connectivity index is 1.94. The first-order chi connectivity index (χ1) is 9.49. The number of carbonyl (C=O) groups excluding carboxylic acids is 1. The van der Waals surface area contributed by atoms with Gasteiger partial charge in [-0.15, -0.1) is 23.2 Å². The molecule has 5 unspecified atom stereocenters. The highest BCUT2D eigenvalue weighted by Crippen LogP contribution is 2.40. The molecule has 0 aromatic carbocycles. The van der Waals surface area contributed by atoms with Crippen molar-refractivity contribution in [2.45, 2.75) is 55.5 Å². The fourth-order valence-electron chi connectivity index (χ4n) is 3.52. The van der Waals surface area contributed by atoms with E-state index in [1.165, 1.54) is 6.92 Å². The highest BCUT2D eigenvalue weighted by atomic mass is 35.5. The first kappa shape index (κ1) is 16.3. The van der Waals surface area contributed by atoms with Gasteiger partial charge in [-0.2, -0.15) is 0 Å². The van der Waals surface area contributed by atoms with Gasteiger partial charge in [-0.1, -0.05) is 0 Å². The summed E-state index contributed by atoms with van der Waals surface area (Å²) in [5, 5.41) is 16.3. The van der Waals surface area contributed by atoms with Gasteiger partial charge in [-0.25, -0.2) is 0 Å². The van der Waals surface area contributed by atoms with Gasteiger partial charge in [0.2, 0.25) is 5.91 Å². The van der Waals surface area contributed by atoms with E-state index in [-0.39, 0.29) is 34.7 Å². The van der Waals surface area contributed by atoms with Gasteiger partial charge in [0.1, 0.15) is 0 Å². The van der Waals surface area contributed by atoms with Crippen LogP contribution in [0.15, 0.2) is 0 Å². The maximum Gasteiger partial charge on any atom is 0.216 e. The zero-order valence-electron chi connectivity index (χ0n) is 11.8. The van der Waals surface area contributed by atoms with Crippen LogP contribution < -0.4 is 10.6 Å². The fraction of sp³-hybridized carbons (Fsp3) is 0.929. The van der Waals surface area contributed by atoms with Gasteiger partial charge in [-0.3, -0.25) is 4.79 Å². The summed E-state index contributed by atoms with van der Waals surface area (Å²) in [6.07, 6.45) is 3.10. The first-order valence-corrected chi connectivity index (χ1v) is 8.30. The number of piperidine rings is 1. The largest absolute Gasteiger partial charge is 0.393 e. The van der Waals surface area contributed by atoms with Crippen molar-refractivity contribution in [2.75, 3.05) is 13.1 Å². The monoisotopic (exact) mass is 322 g/mol. The Hall–Kier alpha value is -0.0300. The van der Waals surface area contributed by atoms with Crippen LogP contribution in [0.25, 0.3) is 0 Å². The maximum atomic E-state index is 11.0. The Morgan fingerprint density at radius 2 is 2.10 bits per heavy atom. The van der Waals surface area contributed by atoms with Crippen LogP contribution in [-0.2, 0) is 4.79 Å². The molecule has 1 aliphatic heterocycles. The Morgan fingerprint density at radius 3 is 2.80 bits per heavy atom. The van der Waals surface area contributed by atoms with Crippen molar-refractivity contribution in [3.05, 3.63) is 0 Å². The standard InChI is InChI=1S/C14H24Cl2N2O2/c1-8(19)18-7-10-6-9(4-5-17-10)13-12(20)3-2-11(15)14(13)16/h9-14,17,20H,2-7H2,1H3,(H,18,19)/t9?,10-,11?,12?,13?,14?/m0/s1. The van der Waals surface area contributed by atoms with Crippen LogP contribution in [0.4, 0.5) is 0 Å². The SMILES string of the molecule is CC(=O)NC[C@@H]1CC(C2C(O)CCC(Cl)C2Cl)CCN1. The van der Waals surface area contributed by atoms with Gasteiger partial charge in [0.05, 0.1) is 16.9 Å². The molecule has 1 amide bonds. The molecule has 0 aromatic heterocycles. The van der Waals surface area contributed by atoms with Gasteiger partial charge in [0.25, 0.3) is 0 Å². The zero-order chi connectivity index (χ0) is 14.7. The minimum Gasteiger partial charge on any atom is -0.393 e. The molecule has 1 aliphatic carbocycles. The van der Waals surface area contributed by atoms with Crippen molar-refractivity contribution >= 4 is 29.1 Å². The summed E-state index contributed by atoms with van der Waals surface area (Å²) in [5.74, 6) is 0.423. The highest BCUT2D eigenvalue weighted by molar-refractivity contribution is 6.30. The molecule has 2 aliphatic rings. The van der Waals surface area contributed by atoms with E-state index in [4.69, 9.17) is 23.2 Å². The number of nitrogens with one attached hydrogen (secondary N) is 2. The number of aliphatic hydroxyl groups is 1. The van der Waals surface area contributed by atoms with Crippen LogP contribution in [-0.4, -0.2) is 47.0 Å². The van der Waals surface area contributed by atoms with E-state index in [2.05, 4.69) is 10.6 Å². The fourth-order valence-corrected chi connectivity index (χ4v) is 4.31. The number of hydrogen-bond acceptors (Lipinski definition) is 3. The normalized spacial score (nSPS) is 42.2. The number of alkyl halides is 2. The lowest BCUT2D eigenvalue weighted by molar-refractivity contribution is -0.119. The third-order valence-corrected chi connectivity index (χ3v) is 5.79. The van der Waals surface area contributed by atoms with Gasteiger partial charge >= 0.3 is 0 Å². The molecule has 1 saturated heterocycles. The number of aliphatic hydroxyl groups excluding tert-OH is 1. The summed E-state index contributed by atoms with van der Waals surface area (Å²) >= 11 is 12.7. The van der Waals surface area contributed by atoms with Crippen LogP contribution >= 0.6 is 23.2 Å². The molecule has 0 spiro atoms. The summed E-state index contributed by atoms with van der Waals surface area (Å²) < 4.78 is 0. The Kier molecular flexibility index (Phi) is 5.96. The smallest absolute Gasteiger partial charge is 0.216 e. The molecule has 20 heavy (non-hydrogen) atoms. The van der Waals surface area contributed by atoms with Crippen molar-refractivity contribution in [1.82, 2.24) is 10.6 Å². The van der Waals surface area contributed by atoms with Crippen molar-refractivity contribution in [1.29, 1.82) is 0 Å². The minimum absolute atomic E-state index is 0.0114. The zero-order valence-corrected chi connectivity index (χ0v) is 13.3. The van der Waals surface area contributed by atoms with Crippen LogP contribution in [0.3, 0.4) is 0 Å². The van der Waals surface area contributed by atoms with Gasteiger partial charge < -0.3 is 15.7 Å². The van der Waals surface area contributed by atoms with Crippen LogP contribution in [0.2, 0.25) is 0 Å². The molecular formula is C14H24Cl2N2O2. The second-order valence-electron chi connectivity index (χ2n) is 6.06. The minimum atomic E-state index is -0.350. The average Bonchev–Trinajstić information content (AvgIpc) is 2.42. The molecule has 0 bridgehead atoms. The van der Waals surface area contributed by atoms with Gasteiger partial charge in [0, 0.05) is 25.4 Å². The van der Waals surface area contributed by atoms with Gasteiger partial charge in [-0.05, 0) is 38.1 Å². The predicted octanol–water partition coefficient (Wildman–Crippen LogP) is 1.48. The predicted molar refractivity (Wildman–Crippen MR) is 81.2 cm³/mol. The summed E-state index contributed by atoms with van der Waals surface area (Å²) in [6.45, 7) is 3.05. The van der Waals surface area contributed by atoms with Crippen LogP contribution in [0.5, 0.6) is 0 Å². The Bertz CT molecular complexity index is 343. The third-order valence-electron chi connectivity index (χ3n) is 4.57. The maximum absolute atomic E-state index is 11.0. The number of rotatable bonds is 3. The summed E-state index contributed by atoms with van der Waals surface area (Å²) in [4.78, 5) is 11.0. The van der Waals surface area contributed by atoms with E-state index in [1.807, 2.05) is 0 Å². The molecule has 0 radical (unpaired) electrons. The van der Waals surface area contributed by atoms with E-state index >= 15 is 0 Å². The molecule has 1 heterocycles. The van der Waals surface area contributed by atoms with E-state index in [1.54, 1.807) is 0 Å². The molecule has 6 heteroatoms. The van der Waals surface area contributed by atoms with E-state index in [9.17, 15) is 9.90 Å². The van der Waals surface area contributed by atoms with Crippen molar-refractivity contribution in [3.63, 3.8) is 0 Å². The quantitative estimate of drug-likeness (QED) is 0.690. The summed E-state index contributed by atoms with van der Waals surface area (Å²) in [5.41, 5.74) is 0. The Morgan fingerprint density at radius 1 is 1.35 bits per heavy atom. The third kappa shape index (κ3) is 4.00. The summed E-state index contributed by atoms with van der Waals surface area (Å²) in [7, 11) is 0. The van der Waals surface area contributed by atoms with E-state index < -0.39 is 0 Å². The Labute approximate surface area is 130 Å². The summed E-state index contributed by atoms with van der Waals surface area (Å²) in [6, 6.07) is 0.254. The molecule has 4 nitrogen and oxygen atoms in total. The molecular weight excluding hydrogens is 299 g/mol. The highest BCUT2D eigenvalue weighted by Gasteiger charge is 2.42. The second kappa shape index (κ2) is 7.30. The average molecular weight is 323 g/mol. The van der Waals surface area contributed by atoms with E-state index in [0.717, 1.165) is 32.2 Å². The van der Waals surface area contributed by atoms with Crippen LogP contribution in [0, 0.1) is 11.8 Å². The molecule has 2 fully saturated rings. The molecule has 2 rings (SSSR count). The first-order valence-electron chi connectivity index (χ1n) is 7.43. The number of halogens is 2.